The van der Waals surface area contributed by atoms with Gasteiger partial charge in [-0.15, -0.1) is 16.8 Å². The lowest BCUT2D eigenvalue weighted by atomic mass is 10.2. The number of carbonyl (C=O) groups excluding carboxylic acids is 1. The Balaban J connectivity index is 2.19. The third kappa shape index (κ3) is 5.09. The summed E-state index contributed by atoms with van der Waals surface area (Å²) < 4.78 is 7.35. The van der Waals surface area contributed by atoms with Gasteiger partial charge in [-0.2, -0.15) is 0 Å². The maximum Gasteiger partial charge on any atom is 0.230 e. The van der Waals surface area contributed by atoms with Crippen molar-refractivity contribution in [2.45, 2.75) is 25.5 Å². The zero-order valence-corrected chi connectivity index (χ0v) is 15.7. The van der Waals surface area contributed by atoms with Crippen molar-refractivity contribution in [3.63, 3.8) is 0 Å². The van der Waals surface area contributed by atoms with Gasteiger partial charge in [-0.3, -0.25) is 9.36 Å². The van der Waals surface area contributed by atoms with Crippen molar-refractivity contribution >= 4 is 17.7 Å². The second kappa shape index (κ2) is 9.27. The van der Waals surface area contributed by atoms with Crippen LogP contribution in [0, 0.1) is 5.92 Å². The highest BCUT2D eigenvalue weighted by Gasteiger charge is 2.17. The maximum atomic E-state index is 11.9. The van der Waals surface area contributed by atoms with Crippen LogP contribution < -0.4 is 10.1 Å². The Kier molecular flexibility index (Phi) is 7.06. The lowest BCUT2D eigenvalue weighted by Gasteiger charge is -2.11. The number of hydrogen-bond donors (Lipinski definition) is 1. The summed E-state index contributed by atoms with van der Waals surface area (Å²) in [5.41, 5.74) is 0.857. The van der Waals surface area contributed by atoms with Crippen molar-refractivity contribution in [2.24, 2.45) is 5.92 Å². The molecule has 6 nitrogen and oxygen atoms in total. The van der Waals surface area contributed by atoms with Crippen molar-refractivity contribution < 1.29 is 9.53 Å². The van der Waals surface area contributed by atoms with Gasteiger partial charge in [-0.1, -0.05) is 43.8 Å². The van der Waals surface area contributed by atoms with Crippen LogP contribution in [-0.4, -0.2) is 40.1 Å². The van der Waals surface area contributed by atoms with E-state index in [9.17, 15) is 4.79 Å². The molecule has 0 spiro atoms. The standard InChI is InChI=1S/C18H24N4O2S/c1-5-10-22-17(14-8-6-7-9-15(14)24-4)20-21-18(22)25-12-16(23)19-11-13(2)3/h5-9,13H,1,10-12H2,2-4H3,(H,19,23). The van der Waals surface area contributed by atoms with Gasteiger partial charge in [-0.05, 0) is 18.1 Å². The number of amides is 1. The number of rotatable bonds is 9. The molecule has 0 aliphatic heterocycles. The summed E-state index contributed by atoms with van der Waals surface area (Å²) in [5.74, 6) is 2.14. The number of carbonyl (C=O) groups is 1. The van der Waals surface area contributed by atoms with Crippen LogP contribution in [0.2, 0.25) is 0 Å². The molecule has 0 fully saturated rings. The quantitative estimate of drug-likeness (QED) is 0.550. The van der Waals surface area contributed by atoms with Crippen LogP contribution in [-0.2, 0) is 11.3 Å². The molecule has 1 N–H and O–H groups in total. The van der Waals surface area contributed by atoms with E-state index in [-0.39, 0.29) is 5.91 Å². The fraction of sp³-hybridized carbons (Fsp3) is 0.389. The van der Waals surface area contributed by atoms with Gasteiger partial charge in [0.05, 0.1) is 18.4 Å². The molecule has 0 bridgehead atoms. The molecule has 2 rings (SSSR count). The molecule has 0 radical (unpaired) electrons. The molecular weight excluding hydrogens is 336 g/mol. The number of hydrogen-bond acceptors (Lipinski definition) is 5. The van der Waals surface area contributed by atoms with E-state index >= 15 is 0 Å². The highest BCUT2D eigenvalue weighted by atomic mass is 32.2. The molecule has 0 aliphatic carbocycles. The molecule has 1 heterocycles. The van der Waals surface area contributed by atoms with Gasteiger partial charge in [0.2, 0.25) is 5.91 Å². The number of thioether (sulfide) groups is 1. The first-order chi connectivity index (χ1) is 12.1. The van der Waals surface area contributed by atoms with Crippen LogP contribution in [0.3, 0.4) is 0 Å². The normalized spacial score (nSPS) is 10.7. The lowest BCUT2D eigenvalue weighted by molar-refractivity contribution is -0.118. The van der Waals surface area contributed by atoms with E-state index in [0.717, 1.165) is 11.3 Å². The summed E-state index contributed by atoms with van der Waals surface area (Å²) in [6.45, 7) is 9.15. The summed E-state index contributed by atoms with van der Waals surface area (Å²) in [6, 6.07) is 7.66. The first kappa shape index (κ1) is 19.1. The fourth-order valence-electron chi connectivity index (χ4n) is 2.22. The molecule has 25 heavy (non-hydrogen) atoms. The van der Waals surface area contributed by atoms with Gasteiger partial charge < -0.3 is 10.1 Å². The van der Waals surface area contributed by atoms with Crippen LogP contribution in [0.1, 0.15) is 13.8 Å². The Bertz CT molecular complexity index is 728. The first-order valence-corrected chi connectivity index (χ1v) is 9.12. The number of para-hydroxylation sites is 1. The third-order valence-corrected chi connectivity index (χ3v) is 4.38. The molecule has 1 amide bonds. The average molecular weight is 360 g/mol. The Morgan fingerprint density at radius 1 is 1.40 bits per heavy atom. The summed E-state index contributed by atoms with van der Waals surface area (Å²) in [4.78, 5) is 11.9. The minimum absolute atomic E-state index is 0.00862. The Morgan fingerprint density at radius 3 is 2.84 bits per heavy atom. The topological polar surface area (TPSA) is 69.0 Å². The number of nitrogens with one attached hydrogen (secondary N) is 1. The predicted octanol–water partition coefficient (Wildman–Crippen LogP) is 3.00. The second-order valence-corrected chi connectivity index (χ2v) is 6.83. The Labute approximate surface area is 152 Å². The summed E-state index contributed by atoms with van der Waals surface area (Å²) in [6.07, 6.45) is 1.78. The van der Waals surface area contributed by atoms with Crippen LogP contribution >= 0.6 is 11.8 Å². The van der Waals surface area contributed by atoms with Gasteiger partial charge in [0, 0.05) is 13.1 Å². The van der Waals surface area contributed by atoms with E-state index in [4.69, 9.17) is 4.74 Å². The molecule has 2 aromatic rings. The first-order valence-electron chi connectivity index (χ1n) is 8.13. The van der Waals surface area contributed by atoms with E-state index in [1.54, 1.807) is 13.2 Å². The zero-order valence-electron chi connectivity index (χ0n) is 14.9. The van der Waals surface area contributed by atoms with E-state index in [0.29, 0.717) is 35.7 Å². The van der Waals surface area contributed by atoms with E-state index < -0.39 is 0 Å². The van der Waals surface area contributed by atoms with E-state index in [1.807, 2.05) is 28.8 Å². The molecule has 1 aromatic carbocycles. The van der Waals surface area contributed by atoms with Crippen LogP contribution in [0.5, 0.6) is 5.75 Å². The second-order valence-electron chi connectivity index (χ2n) is 5.89. The minimum Gasteiger partial charge on any atom is -0.496 e. The zero-order chi connectivity index (χ0) is 18.2. The molecule has 0 atom stereocenters. The van der Waals surface area contributed by atoms with Gasteiger partial charge >= 0.3 is 0 Å². The highest BCUT2D eigenvalue weighted by molar-refractivity contribution is 7.99. The lowest BCUT2D eigenvalue weighted by Crippen LogP contribution is -2.28. The van der Waals surface area contributed by atoms with Crippen molar-refractivity contribution in [3.05, 3.63) is 36.9 Å². The van der Waals surface area contributed by atoms with Crippen molar-refractivity contribution in [1.29, 1.82) is 0 Å². The molecule has 0 saturated heterocycles. The molecule has 7 heteroatoms. The van der Waals surface area contributed by atoms with Gasteiger partial charge in [0.25, 0.3) is 0 Å². The maximum absolute atomic E-state index is 11.9. The van der Waals surface area contributed by atoms with Gasteiger partial charge in [-0.25, -0.2) is 0 Å². The van der Waals surface area contributed by atoms with Gasteiger partial charge in [0.15, 0.2) is 11.0 Å². The largest absolute Gasteiger partial charge is 0.496 e. The Hall–Kier alpha value is -2.28. The van der Waals surface area contributed by atoms with Crippen molar-refractivity contribution in [3.8, 4) is 17.1 Å². The monoisotopic (exact) mass is 360 g/mol. The predicted molar refractivity (Wildman–Crippen MR) is 101 cm³/mol. The number of benzene rings is 1. The SMILES string of the molecule is C=CCn1c(SCC(=O)NCC(C)C)nnc1-c1ccccc1OC. The third-order valence-electron chi connectivity index (χ3n) is 3.42. The smallest absolute Gasteiger partial charge is 0.230 e. The molecule has 134 valence electrons. The number of methoxy groups -OCH3 is 1. The van der Waals surface area contributed by atoms with E-state index in [1.165, 1.54) is 11.8 Å². The highest BCUT2D eigenvalue weighted by Crippen LogP contribution is 2.30. The summed E-state index contributed by atoms with van der Waals surface area (Å²) in [7, 11) is 1.63. The number of nitrogens with zero attached hydrogens (tertiary/aromatic N) is 3. The molecule has 0 aliphatic rings. The molecular formula is C18H24N4O2S. The van der Waals surface area contributed by atoms with E-state index in [2.05, 4.69) is 35.9 Å². The van der Waals surface area contributed by atoms with Crippen LogP contribution in [0.15, 0.2) is 42.1 Å². The van der Waals surface area contributed by atoms with Crippen LogP contribution in [0.25, 0.3) is 11.4 Å². The van der Waals surface area contributed by atoms with Crippen molar-refractivity contribution in [1.82, 2.24) is 20.1 Å². The molecule has 0 unspecified atom stereocenters. The Morgan fingerprint density at radius 2 is 2.16 bits per heavy atom. The average Bonchev–Trinajstić information content (AvgIpc) is 3.01. The van der Waals surface area contributed by atoms with Crippen LogP contribution in [0.4, 0.5) is 0 Å². The van der Waals surface area contributed by atoms with Crippen molar-refractivity contribution in [2.75, 3.05) is 19.4 Å². The number of ether oxygens (including phenoxy) is 1. The summed E-state index contributed by atoms with van der Waals surface area (Å²) in [5, 5.41) is 12.1. The number of aromatic nitrogens is 3. The summed E-state index contributed by atoms with van der Waals surface area (Å²) >= 11 is 1.36. The molecule has 1 aromatic heterocycles. The number of allylic oxidation sites excluding steroid dienone is 1. The molecule has 0 saturated carbocycles. The van der Waals surface area contributed by atoms with Gasteiger partial charge in [0.1, 0.15) is 5.75 Å². The fourth-order valence-corrected chi connectivity index (χ4v) is 2.99. The minimum atomic E-state index is -0.00862.